The predicted molar refractivity (Wildman–Crippen MR) is 80.6 cm³/mol. The molecule has 0 amide bonds. The second-order valence-corrected chi connectivity index (χ2v) is 7.77. The summed E-state index contributed by atoms with van der Waals surface area (Å²) in [5.41, 5.74) is 0.659. The van der Waals surface area contributed by atoms with E-state index in [2.05, 4.69) is 34.6 Å². The molecule has 0 saturated heterocycles. The Labute approximate surface area is 115 Å². The summed E-state index contributed by atoms with van der Waals surface area (Å²) in [5, 5.41) is 0. The first-order valence-corrected chi connectivity index (χ1v) is 8.50. The minimum atomic E-state index is 0.659. The Kier molecular flexibility index (Phi) is 4.44. The molecule has 0 bridgehead atoms. The molecule has 2 rings (SSSR count). The molecule has 0 aromatic carbocycles. The van der Waals surface area contributed by atoms with Crippen LogP contribution in [0.3, 0.4) is 0 Å². The zero-order valence-corrected chi connectivity index (χ0v) is 13.3. The second-order valence-electron chi connectivity index (χ2n) is 7.77. The van der Waals surface area contributed by atoms with E-state index < -0.39 is 0 Å². The van der Waals surface area contributed by atoms with Gasteiger partial charge in [-0.1, -0.05) is 53.9 Å². The lowest BCUT2D eigenvalue weighted by molar-refractivity contribution is 0.0150. The van der Waals surface area contributed by atoms with Gasteiger partial charge in [-0.15, -0.1) is 0 Å². The monoisotopic (exact) mass is 250 g/mol. The van der Waals surface area contributed by atoms with Gasteiger partial charge in [-0.3, -0.25) is 0 Å². The van der Waals surface area contributed by atoms with Crippen LogP contribution in [0.1, 0.15) is 79.6 Å². The van der Waals surface area contributed by atoms with Gasteiger partial charge in [-0.2, -0.15) is 0 Å². The standard InChI is InChI=1S/C18H34/c1-6-9-17-15(4)14(3)13(2)12-16-10-7-8-11-18(16,17)5/h13-17H,6-12H2,1-5H3. The molecular weight excluding hydrogens is 216 g/mol. The summed E-state index contributed by atoms with van der Waals surface area (Å²) in [7, 11) is 0. The van der Waals surface area contributed by atoms with Gasteiger partial charge in [0.2, 0.25) is 0 Å². The maximum atomic E-state index is 2.65. The van der Waals surface area contributed by atoms with E-state index in [1.807, 2.05) is 0 Å². The van der Waals surface area contributed by atoms with E-state index in [4.69, 9.17) is 0 Å². The maximum Gasteiger partial charge on any atom is -0.0266 e. The van der Waals surface area contributed by atoms with Crippen LogP contribution in [-0.2, 0) is 0 Å². The van der Waals surface area contributed by atoms with Crippen LogP contribution in [0.5, 0.6) is 0 Å². The average molecular weight is 250 g/mol. The van der Waals surface area contributed by atoms with E-state index in [1.165, 1.54) is 44.9 Å². The highest BCUT2D eigenvalue weighted by molar-refractivity contribution is 4.98. The predicted octanol–water partition coefficient (Wildman–Crippen LogP) is 5.91. The minimum Gasteiger partial charge on any atom is -0.0654 e. The highest BCUT2D eigenvalue weighted by Crippen LogP contribution is 2.57. The van der Waals surface area contributed by atoms with E-state index in [0.29, 0.717) is 5.41 Å². The highest BCUT2D eigenvalue weighted by atomic mass is 14.5. The summed E-state index contributed by atoms with van der Waals surface area (Å²) >= 11 is 0. The van der Waals surface area contributed by atoms with Crippen LogP contribution >= 0.6 is 0 Å². The number of rotatable bonds is 2. The van der Waals surface area contributed by atoms with Crippen LogP contribution < -0.4 is 0 Å². The fraction of sp³-hybridized carbons (Fsp3) is 1.00. The molecule has 6 unspecified atom stereocenters. The Balaban J connectivity index is 2.31. The molecule has 106 valence electrons. The second kappa shape index (κ2) is 5.55. The first-order valence-electron chi connectivity index (χ1n) is 8.50. The van der Waals surface area contributed by atoms with Crippen LogP contribution in [0.25, 0.3) is 0 Å². The lowest BCUT2D eigenvalue weighted by Crippen LogP contribution is -2.40. The van der Waals surface area contributed by atoms with E-state index in [9.17, 15) is 0 Å². The van der Waals surface area contributed by atoms with Gasteiger partial charge in [0.15, 0.2) is 0 Å². The molecule has 2 aliphatic rings. The molecule has 2 fully saturated rings. The Morgan fingerprint density at radius 2 is 1.78 bits per heavy atom. The average Bonchev–Trinajstić information content (AvgIpc) is 2.42. The van der Waals surface area contributed by atoms with Gasteiger partial charge in [0.05, 0.1) is 0 Å². The molecule has 0 nitrogen and oxygen atoms in total. The van der Waals surface area contributed by atoms with Crippen molar-refractivity contribution in [3.05, 3.63) is 0 Å². The van der Waals surface area contributed by atoms with Gasteiger partial charge in [0.1, 0.15) is 0 Å². The minimum absolute atomic E-state index is 0.659. The van der Waals surface area contributed by atoms with E-state index in [0.717, 1.165) is 29.6 Å². The molecule has 0 heterocycles. The van der Waals surface area contributed by atoms with Crippen LogP contribution in [0.4, 0.5) is 0 Å². The fourth-order valence-electron chi connectivity index (χ4n) is 5.36. The molecule has 2 aliphatic carbocycles. The Morgan fingerprint density at radius 3 is 2.44 bits per heavy atom. The molecule has 2 saturated carbocycles. The van der Waals surface area contributed by atoms with Crippen molar-refractivity contribution < 1.29 is 0 Å². The lowest BCUT2D eigenvalue weighted by Gasteiger charge is -2.48. The summed E-state index contributed by atoms with van der Waals surface area (Å²) in [5.74, 6) is 4.78. The summed E-state index contributed by atoms with van der Waals surface area (Å²) in [6.45, 7) is 12.6. The molecule has 0 aromatic rings. The Hall–Kier alpha value is 0. The van der Waals surface area contributed by atoms with Crippen molar-refractivity contribution >= 4 is 0 Å². The van der Waals surface area contributed by atoms with Gasteiger partial charge in [-0.25, -0.2) is 0 Å². The molecule has 18 heavy (non-hydrogen) atoms. The molecule has 0 N–H and O–H groups in total. The summed E-state index contributed by atoms with van der Waals surface area (Å²) in [6, 6.07) is 0. The van der Waals surface area contributed by atoms with Gasteiger partial charge in [-0.05, 0) is 60.7 Å². The summed E-state index contributed by atoms with van der Waals surface area (Å²) in [6.07, 6.45) is 10.3. The largest absolute Gasteiger partial charge is 0.0654 e. The highest BCUT2D eigenvalue weighted by Gasteiger charge is 2.48. The van der Waals surface area contributed by atoms with Crippen molar-refractivity contribution in [2.75, 3.05) is 0 Å². The van der Waals surface area contributed by atoms with Crippen LogP contribution in [0, 0.1) is 35.0 Å². The normalized spacial score (nSPS) is 49.5. The quantitative estimate of drug-likeness (QED) is 0.571. The molecule has 6 atom stereocenters. The maximum absolute atomic E-state index is 2.65. The van der Waals surface area contributed by atoms with Crippen molar-refractivity contribution in [1.29, 1.82) is 0 Å². The number of hydrogen-bond acceptors (Lipinski definition) is 0. The molecule has 0 spiro atoms. The third-order valence-corrected chi connectivity index (χ3v) is 6.92. The van der Waals surface area contributed by atoms with E-state index in [1.54, 1.807) is 0 Å². The zero-order valence-electron chi connectivity index (χ0n) is 13.3. The van der Waals surface area contributed by atoms with Crippen molar-refractivity contribution in [2.45, 2.75) is 79.6 Å². The summed E-state index contributed by atoms with van der Waals surface area (Å²) in [4.78, 5) is 0. The molecule has 0 heteroatoms. The Bertz CT molecular complexity index is 269. The van der Waals surface area contributed by atoms with E-state index in [-0.39, 0.29) is 0 Å². The lowest BCUT2D eigenvalue weighted by atomic mass is 9.57. The Morgan fingerprint density at radius 1 is 1.06 bits per heavy atom. The molecule has 0 aliphatic heterocycles. The summed E-state index contributed by atoms with van der Waals surface area (Å²) < 4.78 is 0. The smallest absolute Gasteiger partial charge is 0.0266 e. The topological polar surface area (TPSA) is 0 Å². The number of fused-ring (bicyclic) bond motifs is 1. The third-order valence-electron chi connectivity index (χ3n) is 6.92. The molecule has 0 radical (unpaired) electrons. The van der Waals surface area contributed by atoms with Crippen LogP contribution in [-0.4, -0.2) is 0 Å². The van der Waals surface area contributed by atoms with Crippen molar-refractivity contribution in [1.82, 2.24) is 0 Å². The molecular formula is C18H34. The SMILES string of the molecule is CCCC1C(C)C(C)C(C)CC2CCCCC21C. The zero-order chi connectivity index (χ0) is 13.3. The van der Waals surface area contributed by atoms with Gasteiger partial charge in [0, 0.05) is 0 Å². The van der Waals surface area contributed by atoms with E-state index >= 15 is 0 Å². The fourth-order valence-corrected chi connectivity index (χ4v) is 5.36. The van der Waals surface area contributed by atoms with Crippen molar-refractivity contribution in [3.63, 3.8) is 0 Å². The van der Waals surface area contributed by atoms with Gasteiger partial charge >= 0.3 is 0 Å². The van der Waals surface area contributed by atoms with Crippen molar-refractivity contribution in [2.24, 2.45) is 35.0 Å². The van der Waals surface area contributed by atoms with Crippen LogP contribution in [0.15, 0.2) is 0 Å². The molecule has 0 aromatic heterocycles. The van der Waals surface area contributed by atoms with Gasteiger partial charge in [0.25, 0.3) is 0 Å². The third kappa shape index (κ3) is 2.37. The first-order chi connectivity index (χ1) is 8.50. The number of hydrogen-bond donors (Lipinski definition) is 0. The van der Waals surface area contributed by atoms with Gasteiger partial charge < -0.3 is 0 Å². The first kappa shape index (κ1) is 14.4. The van der Waals surface area contributed by atoms with Crippen LogP contribution in [0.2, 0.25) is 0 Å². The van der Waals surface area contributed by atoms with Crippen molar-refractivity contribution in [3.8, 4) is 0 Å².